The van der Waals surface area contributed by atoms with E-state index in [0.29, 0.717) is 0 Å². The van der Waals surface area contributed by atoms with Crippen LogP contribution in [0.4, 0.5) is 0 Å². The molecule has 1 unspecified atom stereocenters. The first kappa shape index (κ1) is 29.9. The number of ether oxygens (including phenoxy) is 1. The maximum absolute atomic E-state index is 6.71. The lowest BCUT2D eigenvalue weighted by Crippen LogP contribution is -2.36. The molecule has 8 aromatic rings. The molecule has 1 N–H and O–H groups in total. The summed E-state index contributed by atoms with van der Waals surface area (Å²) in [6.07, 6.45) is 3.94. The zero-order valence-electron chi connectivity index (χ0n) is 28.1. The van der Waals surface area contributed by atoms with Crippen LogP contribution >= 0.6 is 0 Å². The van der Waals surface area contributed by atoms with Crippen LogP contribution < -0.4 is 10.1 Å². The first-order valence-corrected chi connectivity index (χ1v) is 17.5. The molecule has 0 aliphatic carbocycles. The Morgan fingerprint density at radius 1 is 0.500 bits per heavy atom. The molecule has 1 atom stereocenters. The van der Waals surface area contributed by atoms with Crippen molar-refractivity contribution in [3.05, 3.63) is 198 Å². The average molecular weight is 669 g/mol. The van der Waals surface area contributed by atoms with Crippen molar-refractivity contribution in [2.45, 2.75) is 6.17 Å². The standard InChI is InChI=1S/C47H32N4O/c1-3-14-33(15-4-1)45-48-46(34-16-5-2-6-17-34)50-47(49-45)37-20-11-18-35(29-37)36-19-12-21-38(30-36)51-40-23-9-8-22-39(40)43-41(51)28-27-32-26-25-31-13-7-10-24-42(31)52-44(32)43/h1-30,45H,(H,48,49,50). The molecule has 0 spiro atoms. The Kier molecular flexibility index (Phi) is 7.14. The number of hydrogen-bond donors (Lipinski definition) is 1. The highest BCUT2D eigenvalue weighted by Gasteiger charge is 2.22. The van der Waals surface area contributed by atoms with Gasteiger partial charge in [0.05, 0.1) is 16.4 Å². The molecule has 52 heavy (non-hydrogen) atoms. The Hall–Kier alpha value is -6.98. The van der Waals surface area contributed by atoms with Crippen molar-refractivity contribution in [2.24, 2.45) is 9.98 Å². The molecule has 0 fully saturated rings. The molecule has 0 amide bonds. The van der Waals surface area contributed by atoms with Gasteiger partial charge in [0.25, 0.3) is 0 Å². The number of nitrogens with zero attached hydrogens (tertiary/aromatic N) is 3. The Morgan fingerprint density at radius 3 is 2.02 bits per heavy atom. The molecule has 7 aromatic carbocycles. The summed E-state index contributed by atoms with van der Waals surface area (Å²) in [5.74, 6) is 3.34. The largest absolute Gasteiger partial charge is 0.455 e. The predicted octanol–water partition coefficient (Wildman–Crippen LogP) is 11.2. The van der Waals surface area contributed by atoms with Crippen molar-refractivity contribution >= 4 is 45.6 Å². The van der Waals surface area contributed by atoms with Gasteiger partial charge in [0.1, 0.15) is 23.2 Å². The minimum atomic E-state index is -0.349. The van der Waals surface area contributed by atoms with Crippen molar-refractivity contribution in [1.29, 1.82) is 0 Å². The third-order valence-electron chi connectivity index (χ3n) is 9.85. The fourth-order valence-corrected chi connectivity index (χ4v) is 7.35. The maximum atomic E-state index is 6.71. The van der Waals surface area contributed by atoms with Gasteiger partial charge in [-0.1, -0.05) is 140 Å². The van der Waals surface area contributed by atoms with E-state index in [4.69, 9.17) is 14.7 Å². The smallest absolute Gasteiger partial charge is 0.169 e. The van der Waals surface area contributed by atoms with E-state index in [2.05, 4.69) is 137 Å². The molecule has 2 aliphatic heterocycles. The number of rotatable bonds is 5. The van der Waals surface area contributed by atoms with E-state index in [1.54, 1.807) is 0 Å². The fourth-order valence-electron chi connectivity index (χ4n) is 7.35. The van der Waals surface area contributed by atoms with Crippen LogP contribution in [0, 0.1) is 0 Å². The van der Waals surface area contributed by atoms with Crippen LogP contribution in [0.15, 0.2) is 180 Å². The summed E-state index contributed by atoms with van der Waals surface area (Å²) in [4.78, 5) is 10.1. The van der Waals surface area contributed by atoms with E-state index < -0.39 is 0 Å². The number of amidine groups is 2. The Balaban J connectivity index is 1.06. The highest BCUT2D eigenvalue weighted by atomic mass is 16.5. The fraction of sp³-hybridized carbons (Fsp3) is 0.0213. The second-order valence-electron chi connectivity index (χ2n) is 13.1. The lowest BCUT2D eigenvalue weighted by atomic mass is 10.0. The summed E-state index contributed by atoms with van der Waals surface area (Å²) < 4.78 is 9.06. The second kappa shape index (κ2) is 12.4. The van der Waals surface area contributed by atoms with Crippen LogP contribution in [-0.2, 0) is 0 Å². The van der Waals surface area contributed by atoms with E-state index in [1.807, 2.05) is 54.6 Å². The monoisotopic (exact) mass is 668 g/mol. The van der Waals surface area contributed by atoms with Crippen LogP contribution in [0.3, 0.4) is 0 Å². The number of hydrogen-bond acceptors (Lipinski definition) is 4. The molecule has 2 aliphatic rings. The van der Waals surface area contributed by atoms with Gasteiger partial charge in [0, 0.05) is 33.3 Å². The van der Waals surface area contributed by atoms with Gasteiger partial charge >= 0.3 is 0 Å². The summed E-state index contributed by atoms with van der Waals surface area (Å²) >= 11 is 0. The predicted molar refractivity (Wildman–Crippen MR) is 213 cm³/mol. The van der Waals surface area contributed by atoms with Crippen LogP contribution in [-0.4, -0.2) is 16.2 Å². The maximum Gasteiger partial charge on any atom is 0.169 e. The van der Waals surface area contributed by atoms with E-state index in [9.17, 15) is 0 Å². The van der Waals surface area contributed by atoms with E-state index >= 15 is 0 Å². The van der Waals surface area contributed by atoms with Crippen molar-refractivity contribution in [1.82, 2.24) is 9.88 Å². The van der Waals surface area contributed by atoms with Crippen molar-refractivity contribution in [3.8, 4) is 28.3 Å². The van der Waals surface area contributed by atoms with Gasteiger partial charge in [-0.2, -0.15) is 0 Å². The molecule has 10 rings (SSSR count). The zero-order chi connectivity index (χ0) is 34.4. The Morgan fingerprint density at radius 2 is 1.15 bits per heavy atom. The van der Waals surface area contributed by atoms with Crippen LogP contribution in [0.1, 0.15) is 34.0 Å². The topological polar surface area (TPSA) is 50.9 Å². The lowest BCUT2D eigenvalue weighted by Gasteiger charge is -2.22. The molecular weight excluding hydrogens is 637 g/mol. The first-order valence-electron chi connectivity index (χ1n) is 17.5. The molecule has 1 aromatic heterocycles. The van der Waals surface area contributed by atoms with Crippen LogP contribution in [0.5, 0.6) is 11.5 Å². The van der Waals surface area contributed by atoms with Crippen molar-refractivity contribution < 1.29 is 4.74 Å². The number of aliphatic imine (C=N–C) groups is 2. The molecule has 0 saturated carbocycles. The summed E-state index contributed by atoms with van der Waals surface area (Å²) in [5.41, 5.74) is 10.7. The molecular formula is C47H32N4O. The van der Waals surface area contributed by atoms with Crippen LogP contribution in [0.2, 0.25) is 0 Å². The summed E-state index contributed by atoms with van der Waals surface area (Å²) in [5, 5.41) is 5.81. The lowest BCUT2D eigenvalue weighted by molar-refractivity contribution is 0.487. The molecule has 246 valence electrons. The quantitative estimate of drug-likeness (QED) is 0.198. The molecule has 0 radical (unpaired) electrons. The number of para-hydroxylation sites is 2. The van der Waals surface area contributed by atoms with Crippen molar-refractivity contribution in [3.63, 3.8) is 0 Å². The Bertz CT molecular complexity index is 2740. The number of benzene rings is 7. The van der Waals surface area contributed by atoms with Gasteiger partial charge in [0.2, 0.25) is 0 Å². The van der Waals surface area contributed by atoms with E-state index in [0.717, 1.165) is 89.6 Å². The van der Waals surface area contributed by atoms with Gasteiger partial charge in [-0.3, -0.25) is 0 Å². The number of fused-ring (bicyclic) bond motifs is 6. The highest BCUT2D eigenvalue weighted by Crippen LogP contribution is 2.44. The summed E-state index contributed by atoms with van der Waals surface area (Å²) in [6, 6.07) is 59.0. The Labute approximate surface area is 301 Å². The minimum Gasteiger partial charge on any atom is -0.455 e. The number of nitrogens with one attached hydrogen (secondary N) is 1. The SMILES string of the molecule is C1=Cc2ccc3c(c2Oc2ccccc21)c1ccccc1n3-c1cccc(-c2cccc(C3=NC(c4ccccc4)N=C(c4ccccc4)N3)c2)c1. The summed E-state index contributed by atoms with van der Waals surface area (Å²) in [6.45, 7) is 0. The van der Waals surface area contributed by atoms with Gasteiger partial charge in [-0.15, -0.1) is 0 Å². The molecule has 0 bridgehead atoms. The molecule has 5 nitrogen and oxygen atoms in total. The average Bonchev–Trinajstić information content (AvgIpc) is 3.44. The van der Waals surface area contributed by atoms with Gasteiger partial charge in [0.15, 0.2) is 6.17 Å². The highest BCUT2D eigenvalue weighted by molar-refractivity contribution is 6.16. The third-order valence-corrected chi connectivity index (χ3v) is 9.85. The minimum absolute atomic E-state index is 0.349. The zero-order valence-corrected chi connectivity index (χ0v) is 28.1. The second-order valence-corrected chi connectivity index (χ2v) is 13.1. The normalized spacial score (nSPS) is 14.8. The third kappa shape index (κ3) is 5.19. The van der Waals surface area contributed by atoms with E-state index in [1.165, 1.54) is 0 Å². The van der Waals surface area contributed by atoms with Gasteiger partial charge < -0.3 is 14.6 Å². The van der Waals surface area contributed by atoms with E-state index in [-0.39, 0.29) is 6.17 Å². The molecule has 0 saturated heterocycles. The molecule has 5 heteroatoms. The van der Waals surface area contributed by atoms with Gasteiger partial charge in [-0.25, -0.2) is 9.98 Å². The summed E-state index contributed by atoms with van der Waals surface area (Å²) in [7, 11) is 0. The molecule has 3 heterocycles. The number of aromatic nitrogens is 1. The van der Waals surface area contributed by atoms with Crippen molar-refractivity contribution in [2.75, 3.05) is 0 Å². The van der Waals surface area contributed by atoms with Crippen LogP contribution in [0.25, 0.3) is 50.8 Å². The first-order chi connectivity index (χ1) is 25.8. The van der Waals surface area contributed by atoms with Gasteiger partial charge in [-0.05, 0) is 59.2 Å².